The molecule has 1 aliphatic carbocycles. The largest absolute Gasteiger partial charge is 0.339 e. The van der Waals surface area contributed by atoms with E-state index in [1.807, 2.05) is 0 Å². The minimum atomic E-state index is 0.337. The molecule has 0 spiro atoms. The summed E-state index contributed by atoms with van der Waals surface area (Å²) in [7, 11) is 0. The van der Waals surface area contributed by atoms with E-state index in [4.69, 9.17) is 0 Å². The summed E-state index contributed by atoms with van der Waals surface area (Å²) in [6.07, 6.45) is 4.01. The molecule has 1 aliphatic rings. The zero-order valence-corrected chi connectivity index (χ0v) is 9.63. The van der Waals surface area contributed by atoms with E-state index in [0.717, 1.165) is 24.8 Å². The van der Waals surface area contributed by atoms with Crippen molar-refractivity contribution in [1.82, 2.24) is 9.97 Å². The van der Waals surface area contributed by atoms with Crippen molar-refractivity contribution in [1.29, 1.82) is 0 Å². The Morgan fingerprint density at radius 1 is 1.47 bits per heavy atom. The number of fused-ring (bicyclic) bond motifs is 1. The Morgan fingerprint density at radius 2 is 2.20 bits per heavy atom. The van der Waals surface area contributed by atoms with Gasteiger partial charge in [-0.2, -0.15) is 0 Å². The van der Waals surface area contributed by atoms with E-state index < -0.39 is 0 Å². The molecule has 0 amide bonds. The molecule has 0 saturated carbocycles. The first-order valence-corrected chi connectivity index (χ1v) is 5.53. The van der Waals surface area contributed by atoms with Gasteiger partial charge in [-0.15, -0.1) is 0 Å². The van der Waals surface area contributed by atoms with Crippen LogP contribution in [0.15, 0.2) is 0 Å². The number of nitrogens with zero attached hydrogens (tertiary/aromatic N) is 1. The van der Waals surface area contributed by atoms with Crippen LogP contribution in [-0.4, -0.2) is 16.3 Å². The van der Waals surface area contributed by atoms with Crippen LogP contribution in [0.5, 0.6) is 0 Å². The average molecular weight is 206 g/mol. The smallest absolute Gasteiger partial charge is 0.185 e. The standard InChI is InChI=1S/C12H18N2O/c1-12(2,3)8-4-5-9-10(6-8)14-11(7-15)13-9/h7-8H,4-6H2,1-3H3,(H,13,14). The van der Waals surface area contributed by atoms with Gasteiger partial charge >= 0.3 is 0 Å². The van der Waals surface area contributed by atoms with Crippen molar-refractivity contribution in [2.45, 2.75) is 40.0 Å². The number of aryl methyl sites for hydroxylation is 1. The number of nitrogens with one attached hydrogen (secondary N) is 1. The fourth-order valence-corrected chi connectivity index (χ4v) is 2.30. The molecule has 0 saturated heterocycles. The third-order valence-electron chi connectivity index (χ3n) is 3.40. The van der Waals surface area contributed by atoms with Crippen LogP contribution in [0, 0.1) is 11.3 Å². The highest BCUT2D eigenvalue weighted by atomic mass is 16.1. The van der Waals surface area contributed by atoms with Crippen molar-refractivity contribution in [3.63, 3.8) is 0 Å². The molecule has 1 unspecified atom stereocenters. The SMILES string of the molecule is CC(C)(C)C1CCc2nc(C=O)[nH]c2C1. The van der Waals surface area contributed by atoms with E-state index >= 15 is 0 Å². The van der Waals surface area contributed by atoms with Crippen LogP contribution >= 0.6 is 0 Å². The van der Waals surface area contributed by atoms with Crippen molar-refractivity contribution in [2.75, 3.05) is 0 Å². The number of H-pyrrole nitrogens is 1. The molecule has 3 heteroatoms. The topological polar surface area (TPSA) is 45.8 Å². The molecule has 1 heterocycles. The van der Waals surface area contributed by atoms with Crippen LogP contribution in [0.1, 0.15) is 49.2 Å². The number of carbonyl (C=O) groups excluding carboxylic acids is 1. The molecule has 1 atom stereocenters. The van der Waals surface area contributed by atoms with Crippen molar-refractivity contribution in [2.24, 2.45) is 11.3 Å². The van der Waals surface area contributed by atoms with Crippen LogP contribution in [0.25, 0.3) is 0 Å². The molecule has 15 heavy (non-hydrogen) atoms. The number of aromatic nitrogens is 2. The molecule has 1 aromatic rings. The second-order valence-corrected chi connectivity index (χ2v) is 5.47. The minimum Gasteiger partial charge on any atom is -0.339 e. The minimum absolute atomic E-state index is 0.337. The monoisotopic (exact) mass is 206 g/mol. The predicted molar refractivity (Wildman–Crippen MR) is 58.9 cm³/mol. The number of hydrogen-bond donors (Lipinski definition) is 1. The first-order valence-electron chi connectivity index (χ1n) is 5.53. The van der Waals surface area contributed by atoms with Gasteiger partial charge in [-0.25, -0.2) is 4.98 Å². The molecular formula is C12H18N2O. The molecule has 0 aliphatic heterocycles. The highest BCUT2D eigenvalue weighted by Crippen LogP contribution is 2.36. The zero-order valence-electron chi connectivity index (χ0n) is 9.63. The normalized spacial score (nSPS) is 21.1. The summed E-state index contributed by atoms with van der Waals surface area (Å²) in [6.45, 7) is 6.83. The Labute approximate surface area is 90.3 Å². The maximum atomic E-state index is 10.6. The van der Waals surface area contributed by atoms with Gasteiger partial charge in [0, 0.05) is 5.69 Å². The molecular weight excluding hydrogens is 188 g/mol. The highest BCUT2D eigenvalue weighted by Gasteiger charge is 2.30. The fraction of sp³-hybridized carbons (Fsp3) is 0.667. The zero-order chi connectivity index (χ0) is 11.1. The van der Waals surface area contributed by atoms with Gasteiger partial charge in [0.1, 0.15) is 0 Å². The van der Waals surface area contributed by atoms with Crippen LogP contribution < -0.4 is 0 Å². The lowest BCUT2D eigenvalue weighted by Crippen LogP contribution is -2.26. The summed E-state index contributed by atoms with van der Waals surface area (Å²) in [5, 5.41) is 0. The number of aromatic amines is 1. The molecule has 82 valence electrons. The first-order chi connectivity index (χ1) is 7.00. The Morgan fingerprint density at radius 3 is 2.80 bits per heavy atom. The number of hydrogen-bond acceptors (Lipinski definition) is 2. The van der Waals surface area contributed by atoms with Gasteiger partial charge in [0.2, 0.25) is 0 Å². The van der Waals surface area contributed by atoms with E-state index in [1.165, 1.54) is 12.1 Å². The van der Waals surface area contributed by atoms with E-state index in [0.29, 0.717) is 17.2 Å². The molecule has 0 radical (unpaired) electrons. The number of imidazole rings is 1. The lowest BCUT2D eigenvalue weighted by Gasteiger charge is -2.33. The number of aldehydes is 1. The van der Waals surface area contributed by atoms with Gasteiger partial charge in [0.05, 0.1) is 5.69 Å². The lowest BCUT2D eigenvalue weighted by atomic mass is 9.73. The maximum Gasteiger partial charge on any atom is 0.185 e. The molecule has 3 nitrogen and oxygen atoms in total. The third kappa shape index (κ3) is 1.96. The van der Waals surface area contributed by atoms with Crippen LogP contribution in [0.4, 0.5) is 0 Å². The number of rotatable bonds is 1. The predicted octanol–water partition coefficient (Wildman–Crippen LogP) is 2.37. The highest BCUT2D eigenvalue weighted by molar-refractivity contribution is 5.69. The van der Waals surface area contributed by atoms with Crippen LogP contribution in [-0.2, 0) is 12.8 Å². The molecule has 0 bridgehead atoms. The van der Waals surface area contributed by atoms with Gasteiger partial charge < -0.3 is 4.98 Å². The van der Waals surface area contributed by atoms with E-state index in [9.17, 15) is 4.79 Å². The van der Waals surface area contributed by atoms with E-state index in [-0.39, 0.29) is 0 Å². The quantitative estimate of drug-likeness (QED) is 0.717. The van der Waals surface area contributed by atoms with Crippen molar-refractivity contribution in [3.05, 3.63) is 17.2 Å². The summed E-state index contributed by atoms with van der Waals surface area (Å²) in [6, 6.07) is 0. The summed E-state index contributed by atoms with van der Waals surface area (Å²) in [4.78, 5) is 18.0. The van der Waals surface area contributed by atoms with Gasteiger partial charge in [0.25, 0.3) is 0 Å². The molecule has 1 N–H and O–H groups in total. The molecule has 1 aromatic heterocycles. The lowest BCUT2D eigenvalue weighted by molar-refractivity contribution is 0.111. The Balaban J connectivity index is 2.23. The summed E-state index contributed by atoms with van der Waals surface area (Å²) in [5.41, 5.74) is 2.60. The molecule has 2 rings (SSSR count). The van der Waals surface area contributed by atoms with Crippen LogP contribution in [0.3, 0.4) is 0 Å². The number of carbonyl (C=O) groups is 1. The Kier molecular flexibility index (Phi) is 2.41. The summed E-state index contributed by atoms with van der Waals surface area (Å²) in [5.74, 6) is 1.17. The van der Waals surface area contributed by atoms with Crippen molar-refractivity contribution >= 4 is 6.29 Å². The Hall–Kier alpha value is -1.12. The molecule has 0 aromatic carbocycles. The van der Waals surface area contributed by atoms with Gasteiger partial charge in [-0.05, 0) is 30.6 Å². The average Bonchev–Trinajstić information content (AvgIpc) is 2.57. The van der Waals surface area contributed by atoms with Gasteiger partial charge in [-0.1, -0.05) is 20.8 Å². The van der Waals surface area contributed by atoms with Crippen molar-refractivity contribution in [3.8, 4) is 0 Å². The Bertz CT molecular complexity index is 373. The molecule has 0 fully saturated rings. The first kappa shape index (κ1) is 10.4. The summed E-state index contributed by atoms with van der Waals surface area (Å²) >= 11 is 0. The van der Waals surface area contributed by atoms with E-state index in [1.54, 1.807) is 0 Å². The van der Waals surface area contributed by atoms with E-state index in [2.05, 4.69) is 30.7 Å². The van der Waals surface area contributed by atoms with Gasteiger partial charge in [-0.3, -0.25) is 4.79 Å². The second-order valence-electron chi connectivity index (χ2n) is 5.47. The maximum absolute atomic E-state index is 10.6. The second kappa shape index (κ2) is 3.47. The van der Waals surface area contributed by atoms with Crippen LogP contribution in [0.2, 0.25) is 0 Å². The fourth-order valence-electron chi connectivity index (χ4n) is 2.30. The third-order valence-corrected chi connectivity index (χ3v) is 3.40. The van der Waals surface area contributed by atoms with Crippen molar-refractivity contribution < 1.29 is 4.79 Å². The summed E-state index contributed by atoms with van der Waals surface area (Å²) < 4.78 is 0. The van der Waals surface area contributed by atoms with Gasteiger partial charge in [0.15, 0.2) is 12.1 Å².